The highest BCUT2D eigenvalue weighted by Gasteiger charge is 2.06. The molecule has 0 aliphatic heterocycles. The summed E-state index contributed by atoms with van der Waals surface area (Å²) in [5.41, 5.74) is -0.199. The van der Waals surface area contributed by atoms with E-state index in [2.05, 4.69) is 12.6 Å². The van der Waals surface area contributed by atoms with E-state index >= 15 is 0 Å². The lowest BCUT2D eigenvalue weighted by Gasteiger charge is -1.98. The van der Waals surface area contributed by atoms with Crippen LogP contribution in [-0.2, 0) is 0 Å². The molecule has 2 radical (unpaired) electrons. The number of rotatable bonds is 0. The predicted molar refractivity (Wildman–Crippen MR) is 39.0 cm³/mol. The van der Waals surface area contributed by atoms with Gasteiger partial charge in [0.15, 0.2) is 11.6 Å². The highest BCUT2D eigenvalue weighted by molar-refractivity contribution is 7.80. The maximum atomic E-state index is 12.5. The van der Waals surface area contributed by atoms with Crippen molar-refractivity contribution >= 4 is 25.9 Å². The highest BCUT2D eigenvalue weighted by atomic mass is 32.1. The van der Waals surface area contributed by atoms with E-state index < -0.39 is 11.6 Å². The third-order valence-corrected chi connectivity index (χ3v) is 1.44. The second-order valence-corrected chi connectivity index (χ2v) is 2.28. The van der Waals surface area contributed by atoms with Crippen LogP contribution in [0.1, 0.15) is 0 Å². The van der Waals surface area contributed by atoms with Crippen LogP contribution in [0.5, 0.6) is 0 Å². The Kier molecular flexibility index (Phi) is 1.99. The zero-order chi connectivity index (χ0) is 7.72. The van der Waals surface area contributed by atoms with E-state index in [1.54, 1.807) is 0 Å². The van der Waals surface area contributed by atoms with Crippen LogP contribution >= 0.6 is 12.6 Å². The molecule has 0 amide bonds. The topological polar surface area (TPSA) is 0 Å². The van der Waals surface area contributed by atoms with Crippen molar-refractivity contribution in [3.8, 4) is 0 Å². The number of hydrogen-bond donors (Lipinski definition) is 1. The summed E-state index contributed by atoms with van der Waals surface area (Å²) in [6, 6.07) is 2.57. The Morgan fingerprint density at radius 3 is 2.30 bits per heavy atom. The number of benzene rings is 1. The third-order valence-electron chi connectivity index (χ3n) is 1.09. The Bertz CT molecular complexity index is 235. The molecule has 10 heavy (non-hydrogen) atoms. The minimum atomic E-state index is -1.03. The van der Waals surface area contributed by atoms with Crippen LogP contribution in [0.4, 0.5) is 8.78 Å². The number of thiol groups is 1. The molecule has 50 valence electrons. The summed E-state index contributed by atoms with van der Waals surface area (Å²) in [5, 5.41) is 0. The van der Waals surface area contributed by atoms with Gasteiger partial charge in [-0.2, -0.15) is 0 Å². The minimum Gasteiger partial charge on any atom is -0.204 e. The standard InChI is InChI=1S/C6H3BF2S/c7-3-1-2-4(10)6(9)5(3)8/h1-2,10H. The smallest absolute Gasteiger partial charge is 0.171 e. The van der Waals surface area contributed by atoms with Crippen molar-refractivity contribution in [3.63, 3.8) is 0 Å². The second-order valence-electron chi connectivity index (χ2n) is 1.80. The van der Waals surface area contributed by atoms with Gasteiger partial charge in [-0.05, 0) is 6.07 Å². The summed E-state index contributed by atoms with van der Waals surface area (Å²) in [7, 11) is 5.04. The summed E-state index contributed by atoms with van der Waals surface area (Å²) in [6.07, 6.45) is 0. The lowest BCUT2D eigenvalue weighted by Crippen LogP contribution is -2.10. The van der Waals surface area contributed by atoms with Crippen LogP contribution in [0, 0.1) is 11.6 Å². The van der Waals surface area contributed by atoms with Crippen molar-refractivity contribution < 1.29 is 8.78 Å². The molecule has 0 aliphatic carbocycles. The molecule has 0 saturated heterocycles. The van der Waals surface area contributed by atoms with Crippen LogP contribution in [0.2, 0.25) is 0 Å². The molecule has 0 atom stereocenters. The second kappa shape index (κ2) is 2.62. The molecule has 0 fully saturated rings. The molecule has 1 aromatic rings. The lowest BCUT2D eigenvalue weighted by atomic mass is 9.96. The summed E-state index contributed by atoms with van der Waals surface area (Å²) in [4.78, 5) is -0.0355. The van der Waals surface area contributed by atoms with Gasteiger partial charge in [0.25, 0.3) is 0 Å². The van der Waals surface area contributed by atoms with Crippen molar-refractivity contribution in [1.29, 1.82) is 0 Å². The zero-order valence-electron chi connectivity index (χ0n) is 4.94. The van der Waals surface area contributed by atoms with Crippen LogP contribution in [0.15, 0.2) is 17.0 Å². The fraction of sp³-hybridized carbons (Fsp3) is 0. The quantitative estimate of drug-likeness (QED) is 0.421. The van der Waals surface area contributed by atoms with E-state index in [9.17, 15) is 8.78 Å². The number of halogens is 2. The van der Waals surface area contributed by atoms with Gasteiger partial charge in [0.05, 0.1) is 0 Å². The van der Waals surface area contributed by atoms with Gasteiger partial charge in [0.1, 0.15) is 7.85 Å². The first-order valence-electron chi connectivity index (χ1n) is 2.55. The van der Waals surface area contributed by atoms with Gasteiger partial charge in [0, 0.05) is 4.90 Å². The summed E-state index contributed by atoms with van der Waals surface area (Å²) >= 11 is 3.64. The van der Waals surface area contributed by atoms with Crippen molar-refractivity contribution in [2.45, 2.75) is 4.90 Å². The van der Waals surface area contributed by atoms with E-state index in [1.165, 1.54) is 12.1 Å². The first-order chi connectivity index (χ1) is 4.63. The van der Waals surface area contributed by atoms with Crippen molar-refractivity contribution in [3.05, 3.63) is 23.8 Å². The molecule has 0 N–H and O–H groups in total. The van der Waals surface area contributed by atoms with Gasteiger partial charge in [-0.25, -0.2) is 8.78 Å². The predicted octanol–water partition coefficient (Wildman–Crippen LogP) is 1.05. The van der Waals surface area contributed by atoms with E-state index in [4.69, 9.17) is 7.85 Å². The van der Waals surface area contributed by atoms with Crippen LogP contribution in [0.25, 0.3) is 0 Å². The molecule has 0 aliphatic rings. The fourth-order valence-corrected chi connectivity index (χ4v) is 0.727. The maximum absolute atomic E-state index is 12.5. The molecular formula is C6H3BF2S. The van der Waals surface area contributed by atoms with Crippen LogP contribution < -0.4 is 5.46 Å². The Balaban J connectivity index is 3.34. The first-order valence-corrected chi connectivity index (χ1v) is 3.00. The molecule has 0 heterocycles. The van der Waals surface area contributed by atoms with E-state index in [-0.39, 0.29) is 10.4 Å². The molecule has 0 bridgehead atoms. The van der Waals surface area contributed by atoms with Gasteiger partial charge >= 0.3 is 0 Å². The van der Waals surface area contributed by atoms with Gasteiger partial charge in [0.2, 0.25) is 0 Å². The Morgan fingerprint density at radius 2 is 1.80 bits per heavy atom. The Morgan fingerprint density at radius 1 is 1.20 bits per heavy atom. The summed E-state index contributed by atoms with van der Waals surface area (Å²) in [6.45, 7) is 0. The lowest BCUT2D eigenvalue weighted by molar-refractivity contribution is 0.497. The van der Waals surface area contributed by atoms with Gasteiger partial charge < -0.3 is 0 Å². The van der Waals surface area contributed by atoms with Crippen molar-refractivity contribution in [2.24, 2.45) is 0 Å². The van der Waals surface area contributed by atoms with Gasteiger partial charge in [-0.3, -0.25) is 0 Å². The average molecular weight is 156 g/mol. The molecule has 1 rings (SSSR count). The Hall–Kier alpha value is -0.505. The summed E-state index contributed by atoms with van der Waals surface area (Å²) < 4.78 is 24.9. The monoisotopic (exact) mass is 156 g/mol. The molecule has 1 aromatic carbocycles. The van der Waals surface area contributed by atoms with Gasteiger partial charge in [-0.15, -0.1) is 12.6 Å². The first kappa shape index (κ1) is 7.60. The number of hydrogen-bond acceptors (Lipinski definition) is 1. The molecule has 0 nitrogen and oxygen atoms in total. The van der Waals surface area contributed by atoms with Crippen molar-refractivity contribution in [2.75, 3.05) is 0 Å². The zero-order valence-corrected chi connectivity index (χ0v) is 5.83. The molecule has 0 saturated carbocycles. The minimum absolute atomic E-state index is 0.0355. The third kappa shape index (κ3) is 1.16. The molecular weight excluding hydrogens is 153 g/mol. The van der Waals surface area contributed by atoms with Crippen molar-refractivity contribution in [1.82, 2.24) is 0 Å². The maximum Gasteiger partial charge on any atom is 0.171 e. The molecule has 0 aromatic heterocycles. The van der Waals surface area contributed by atoms with E-state index in [1.807, 2.05) is 0 Å². The van der Waals surface area contributed by atoms with Gasteiger partial charge in [-0.1, -0.05) is 11.5 Å². The van der Waals surface area contributed by atoms with E-state index in [0.717, 1.165) is 0 Å². The Labute approximate surface area is 64.1 Å². The molecule has 0 unspecified atom stereocenters. The van der Waals surface area contributed by atoms with Crippen LogP contribution in [0.3, 0.4) is 0 Å². The van der Waals surface area contributed by atoms with E-state index in [0.29, 0.717) is 0 Å². The highest BCUT2D eigenvalue weighted by Crippen LogP contribution is 2.12. The molecule has 4 heteroatoms. The normalized spacial score (nSPS) is 9.90. The SMILES string of the molecule is [B]c1ccc(S)c(F)c1F. The average Bonchev–Trinajstić information content (AvgIpc) is 1.93. The largest absolute Gasteiger partial charge is 0.204 e. The fourth-order valence-electron chi connectivity index (χ4n) is 0.554. The summed E-state index contributed by atoms with van der Waals surface area (Å²) in [5.74, 6) is -2.03. The van der Waals surface area contributed by atoms with Crippen LogP contribution in [-0.4, -0.2) is 7.85 Å². The molecule has 0 spiro atoms.